The molecule has 1 amide bonds. The van der Waals surface area contributed by atoms with Crippen molar-refractivity contribution in [2.24, 2.45) is 5.84 Å². The Morgan fingerprint density at radius 1 is 1.41 bits per heavy atom. The molecule has 0 aromatic heterocycles. The number of rotatable bonds is 2. The normalized spacial score (nSPS) is 15.8. The fourth-order valence-electron chi connectivity index (χ4n) is 2.09. The number of hydrogen-bond donors (Lipinski definition) is 2. The first-order chi connectivity index (χ1) is 8.24. The minimum absolute atomic E-state index is 0.252. The number of nitrogens with two attached hydrogens (primary N) is 1. The first-order valence-electron chi connectivity index (χ1n) is 5.67. The third-order valence-corrected chi connectivity index (χ3v) is 3.03. The summed E-state index contributed by atoms with van der Waals surface area (Å²) in [6, 6.07) is 5.68. The number of carbonyl (C=O) groups is 1. The summed E-state index contributed by atoms with van der Waals surface area (Å²) < 4.78 is 5.32. The van der Waals surface area contributed by atoms with Crippen LogP contribution in [0.5, 0.6) is 0 Å². The lowest BCUT2D eigenvalue weighted by Gasteiger charge is -2.30. The number of hydrogen-bond acceptors (Lipinski definition) is 4. The standard InChI is InChI=1S/C12H17N3O2/c1-9-10(12(16)14-13)3-2-4-11(9)15-5-7-17-8-6-15/h2-4H,5-8,13H2,1H3,(H,14,16). The Morgan fingerprint density at radius 3 is 2.76 bits per heavy atom. The predicted octanol–water partition coefficient (Wildman–Crippen LogP) is 0.435. The Kier molecular flexibility index (Phi) is 3.61. The number of nitrogens with zero attached hydrogens (tertiary/aromatic N) is 1. The fraction of sp³-hybridized carbons (Fsp3) is 0.417. The van der Waals surface area contributed by atoms with Gasteiger partial charge in [0.2, 0.25) is 0 Å². The quantitative estimate of drug-likeness (QED) is 0.443. The molecule has 0 unspecified atom stereocenters. The van der Waals surface area contributed by atoms with Gasteiger partial charge in [-0.2, -0.15) is 0 Å². The Bertz CT molecular complexity index is 414. The van der Waals surface area contributed by atoms with Crippen molar-refractivity contribution in [2.45, 2.75) is 6.92 Å². The third-order valence-electron chi connectivity index (χ3n) is 3.03. The second kappa shape index (κ2) is 5.16. The molecule has 0 radical (unpaired) electrons. The van der Waals surface area contributed by atoms with Gasteiger partial charge < -0.3 is 9.64 Å². The summed E-state index contributed by atoms with van der Waals surface area (Å²) in [6.45, 7) is 5.11. The first-order valence-corrected chi connectivity index (χ1v) is 5.67. The number of benzene rings is 1. The zero-order chi connectivity index (χ0) is 12.3. The number of nitrogen functional groups attached to an aromatic ring is 1. The number of amides is 1. The van der Waals surface area contributed by atoms with Crippen molar-refractivity contribution in [1.82, 2.24) is 5.43 Å². The van der Waals surface area contributed by atoms with Gasteiger partial charge in [-0.05, 0) is 24.6 Å². The molecule has 0 atom stereocenters. The van der Waals surface area contributed by atoms with E-state index in [1.165, 1.54) is 0 Å². The van der Waals surface area contributed by atoms with Crippen molar-refractivity contribution in [3.05, 3.63) is 29.3 Å². The van der Waals surface area contributed by atoms with Gasteiger partial charge in [-0.15, -0.1) is 0 Å². The SMILES string of the molecule is Cc1c(C(=O)NN)cccc1N1CCOCC1. The lowest BCUT2D eigenvalue weighted by Crippen LogP contribution is -2.37. The van der Waals surface area contributed by atoms with Gasteiger partial charge in [0.15, 0.2) is 0 Å². The number of hydrazine groups is 1. The average Bonchev–Trinajstić information content (AvgIpc) is 2.39. The molecule has 0 bridgehead atoms. The second-order valence-corrected chi connectivity index (χ2v) is 4.02. The maximum absolute atomic E-state index is 11.6. The van der Waals surface area contributed by atoms with Gasteiger partial charge in [0.1, 0.15) is 0 Å². The van der Waals surface area contributed by atoms with E-state index in [4.69, 9.17) is 10.6 Å². The Morgan fingerprint density at radius 2 is 2.12 bits per heavy atom. The van der Waals surface area contributed by atoms with Crippen LogP contribution in [-0.4, -0.2) is 32.2 Å². The van der Waals surface area contributed by atoms with Crippen molar-refractivity contribution in [3.63, 3.8) is 0 Å². The van der Waals surface area contributed by atoms with Gasteiger partial charge in [0.05, 0.1) is 13.2 Å². The van der Waals surface area contributed by atoms with Crippen LogP contribution < -0.4 is 16.2 Å². The molecule has 1 aromatic carbocycles. The third kappa shape index (κ3) is 2.40. The fourth-order valence-corrected chi connectivity index (χ4v) is 2.09. The van der Waals surface area contributed by atoms with Gasteiger partial charge >= 0.3 is 0 Å². The minimum atomic E-state index is -0.252. The molecule has 0 spiro atoms. The van der Waals surface area contributed by atoms with Gasteiger partial charge in [-0.25, -0.2) is 5.84 Å². The van der Waals surface area contributed by atoms with Crippen LogP contribution in [-0.2, 0) is 4.74 Å². The molecule has 1 fully saturated rings. The van der Waals surface area contributed by atoms with Crippen molar-refractivity contribution >= 4 is 11.6 Å². The highest BCUT2D eigenvalue weighted by molar-refractivity contribution is 5.96. The van der Waals surface area contributed by atoms with Gasteiger partial charge in [0.25, 0.3) is 5.91 Å². The van der Waals surface area contributed by atoms with Crippen LogP contribution in [0.3, 0.4) is 0 Å². The Hall–Kier alpha value is -1.59. The van der Waals surface area contributed by atoms with Crippen molar-refractivity contribution in [1.29, 1.82) is 0 Å². The van der Waals surface area contributed by atoms with E-state index in [1.54, 1.807) is 6.07 Å². The van der Waals surface area contributed by atoms with E-state index in [0.717, 1.165) is 37.6 Å². The van der Waals surface area contributed by atoms with E-state index in [9.17, 15) is 4.79 Å². The van der Waals surface area contributed by atoms with Gasteiger partial charge in [0, 0.05) is 24.3 Å². The van der Waals surface area contributed by atoms with E-state index in [1.807, 2.05) is 19.1 Å². The lowest BCUT2D eigenvalue weighted by molar-refractivity contribution is 0.0953. The highest BCUT2D eigenvalue weighted by Gasteiger charge is 2.16. The van der Waals surface area contributed by atoms with Crippen molar-refractivity contribution in [3.8, 4) is 0 Å². The number of ether oxygens (including phenoxy) is 1. The van der Waals surface area contributed by atoms with Crippen LogP contribution in [0.15, 0.2) is 18.2 Å². The summed E-state index contributed by atoms with van der Waals surface area (Å²) in [6.07, 6.45) is 0. The highest BCUT2D eigenvalue weighted by Crippen LogP contribution is 2.23. The zero-order valence-corrected chi connectivity index (χ0v) is 9.90. The molecule has 1 aliphatic heterocycles. The number of carbonyl (C=O) groups excluding carboxylic acids is 1. The topological polar surface area (TPSA) is 67.6 Å². The molecule has 5 heteroatoms. The van der Waals surface area contributed by atoms with Gasteiger partial charge in [-0.1, -0.05) is 6.07 Å². The van der Waals surface area contributed by atoms with Crippen molar-refractivity contribution < 1.29 is 9.53 Å². The molecule has 0 aliphatic carbocycles. The highest BCUT2D eigenvalue weighted by atomic mass is 16.5. The predicted molar refractivity (Wildman–Crippen MR) is 65.9 cm³/mol. The van der Waals surface area contributed by atoms with Crippen LogP contribution in [0.4, 0.5) is 5.69 Å². The van der Waals surface area contributed by atoms with E-state index in [-0.39, 0.29) is 5.91 Å². The summed E-state index contributed by atoms with van der Waals surface area (Å²) in [7, 11) is 0. The van der Waals surface area contributed by atoms with Gasteiger partial charge in [-0.3, -0.25) is 10.2 Å². The molecule has 1 saturated heterocycles. The Labute approximate surface area is 101 Å². The molecule has 1 aliphatic rings. The summed E-state index contributed by atoms with van der Waals surface area (Å²) in [5.74, 6) is 4.92. The number of anilines is 1. The van der Waals surface area contributed by atoms with Crippen LogP contribution in [0.2, 0.25) is 0 Å². The van der Waals surface area contributed by atoms with Crippen LogP contribution in [0.25, 0.3) is 0 Å². The molecule has 3 N–H and O–H groups in total. The van der Waals surface area contributed by atoms with Crippen LogP contribution in [0, 0.1) is 6.92 Å². The summed E-state index contributed by atoms with van der Waals surface area (Å²) in [4.78, 5) is 13.8. The summed E-state index contributed by atoms with van der Waals surface area (Å²) >= 11 is 0. The molecule has 5 nitrogen and oxygen atoms in total. The van der Waals surface area contributed by atoms with E-state index >= 15 is 0 Å². The molecular formula is C12H17N3O2. The van der Waals surface area contributed by atoms with E-state index < -0.39 is 0 Å². The summed E-state index contributed by atoms with van der Waals surface area (Å²) in [5.41, 5.74) is 4.83. The molecular weight excluding hydrogens is 218 g/mol. The monoisotopic (exact) mass is 235 g/mol. The average molecular weight is 235 g/mol. The zero-order valence-electron chi connectivity index (χ0n) is 9.90. The molecule has 1 aromatic rings. The van der Waals surface area contributed by atoms with Crippen molar-refractivity contribution in [2.75, 3.05) is 31.2 Å². The van der Waals surface area contributed by atoms with Crippen LogP contribution >= 0.6 is 0 Å². The van der Waals surface area contributed by atoms with Crippen LogP contribution in [0.1, 0.15) is 15.9 Å². The largest absolute Gasteiger partial charge is 0.378 e. The smallest absolute Gasteiger partial charge is 0.265 e. The Balaban J connectivity index is 2.31. The molecule has 0 saturated carbocycles. The molecule has 2 rings (SSSR count). The molecule has 92 valence electrons. The first kappa shape index (κ1) is 11.9. The maximum Gasteiger partial charge on any atom is 0.265 e. The molecule has 17 heavy (non-hydrogen) atoms. The maximum atomic E-state index is 11.6. The van der Waals surface area contributed by atoms with E-state index in [2.05, 4.69) is 10.3 Å². The number of nitrogens with one attached hydrogen (secondary N) is 1. The summed E-state index contributed by atoms with van der Waals surface area (Å²) in [5, 5.41) is 0. The number of morpholine rings is 1. The second-order valence-electron chi connectivity index (χ2n) is 4.02. The lowest BCUT2D eigenvalue weighted by atomic mass is 10.1. The van der Waals surface area contributed by atoms with E-state index in [0.29, 0.717) is 5.56 Å². The minimum Gasteiger partial charge on any atom is -0.378 e. The molecule has 1 heterocycles.